The maximum absolute atomic E-state index is 13.2. The Morgan fingerprint density at radius 2 is 1.97 bits per heavy atom. The van der Waals surface area contributed by atoms with Crippen molar-refractivity contribution in [2.75, 3.05) is 32.8 Å². The third-order valence-corrected chi connectivity index (χ3v) is 7.64. The molecule has 0 saturated carbocycles. The van der Waals surface area contributed by atoms with E-state index in [4.69, 9.17) is 10.5 Å². The molecular formula is C23H30F3N3O. The van der Waals surface area contributed by atoms with Crippen LogP contribution in [0.25, 0.3) is 10.9 Å². The maximum atomic E-state index is 13.2. The maximum Gasteiger partial charge on any atom is 0.416 e. The molecule has 2 saturated heterocycles. The molecule has 2 aromatic rings. The van der Waals surface area contributed by atoms with Crippen LogP contribution in [0.4, 0.5) is 13.2 Å². The van der Waals surface area contributed by atoms with Crippen molar-refractivity contribution in [3.63, 3.8) is 0 Å². The lowest BCUT2D eigenvalue weighted by atomic mass is 9.73. The van der Waals surface area contributed by atoms with Crippen LogP contribution in [-0.4, -0.2) is 48.3 Å². The fraction of sp³-hybridized carbons (Fsp3) is 0.652. The first kappa shape index (κ1) is 20.3. The Bertz CT molecular complexity index is 916. The van der Waals surface area contributed by atoms with Crippen LogP contribution in [-0.2, 0) is 23.8 Å². The number of aromatic amines is 1. The molecule has 0 spiro atoms. The topological polar surface area (TPSA) is 54.3 Å². The summed E-state index contributed by atoms with van der Waals surface area (Å²) in [6.45, 7) is 4.61. The first-order chi connectivity index (χ1) is 14.3. The summed E-state index contributed by atoms with van der Waals surface area (Å²) in [6.07, 6.45) is 1.48. The van der Waals surface area contributed by atoms with Crippen molar-refractivity contribution in [3.05, 3.63) is 35.0 Å². The molecule has 7 heteroatoms. The molecule has 4 nitrogen and oxygen atoms in total. The van der Waals surface area contributed by atoms with Gasteiger partial charge in [-0.2, -0.15) is 13.2 Å². The van der Waals surface area contributed by atoms with Gasteiger partial charge >= 0.3 is 6.18 Å². The van der Waals surface area contributed by atoms with Crippen LogP contribution in [0.5, 0.6) is 0 Å². The van der Waals surface area contributed by atoms with Gasteiger partial charge in [-0.1, -0.05) is 0 Å². The smallest absolute Gasteiger partial charge is 0.381 e. The van der Waals surface area contributed by atoms with Gasteiger partial charge in [0.25, 0.3) is 0 Å². The van der Waals surface area contributed by atoms with E-state index in [0.717, 1.165) is 93.5 Å². The molecule has 1 aliphatic carbocycles. The fourth-order valence-corrected chi connectivity index (χ4v) is 5.68. The van der Waals surface area contributed by atoms with E-state index < -0.39 is 11.7 Å². The summed E-state index contributed by atoms with van der Waals surface area (Å²) in [5.74, 6) is 1.11. The Hall–Kier alpha value is -1.57. The Kier molecular flexibility index (Phi) is 5.11. The predicted molar refractivity (Wildman–Crippen MR) is 110 cm³/mol. The van der Waals surface area contributed by atoms with Gasteiger partial charge < -0.3 is 20.4 Å². The monoisotopic (exact) mass is 421 g/mol. The number of H-pyrrole nitrogens is 1. The van der Waals surface area contributed by atoms with E-state index in [9.17, 15) is 13.2 Å². The van der Waals surface area contributed by atoms with Crippen LogP contribution in [0.2, 0.25) is 0 Å². The van der Waals surface area contributed by atoms with E-state index in [1.807, 2.05) is 0 Å². The lowest BCUT2D eigenvalue weighted by Gasteiger charge is -2.43. The van der Waals surface area contributed by atoms with Gasteiger partial charge in [-0.05, 0) is 87.2 Å². The van der Waals surface area contributed by atoms with E-state index in [0.29, 0.717) is 11.8 Å². The van der Waals surface area contributed by atoms with Gasteiger partial charge in [0.2, 0.25) is 0 Å². The predicted octanol–water partition coefficient (Wildman–Crippen LogP) is 4.12. The standard InChI is InChI=1S/C23H30F3N3O/c24-23(25,26)17-1-2-20-19(13-17)18-11-16-14-29(7-3-15(16)12-21(18)28-20)8-4-22(27)5-9-30-10-6-22/h1-2,13,15-16,28H,3-12,14,27H2/t15-,16?/m1/s1. The van der Waals surface area contributed by atoms with Gasteiger partial charge in [0.05, 0.1) is 5.56 Å². The number of alkyl halides is 3. The Morgan fingerprint density at radius 1 is 1.17 bits per heavy atom. The van der Waals surface area contributed by atoms with Crippen molar-refractivity contribution < 1.29 is 17.9 Å². The highest BCUT2D eigenvalue weighted by molar-refractivity contribution is 5.85. The highest BCUT2D eigenvalue weighted by atomic mass is 19.4. The average molecular weight is 422 g/mol. The summed E-state index contributed by atoms with van der Waals surface area (Å²) in [5, 5.41) is 0.749. The molecule has 1 aromatic heterocycles. The van der Waals surface area contributed by atoms with E-state index in [1.165, 1.54) is 12.1 Å². The summed E-state index contributed by atoms with van der Waals surface area (Å²) < 4.78 is 45.1. The van der Waals surface area contributed by atoms with Gasteiger partial charge in [0, 0.05) is 41.9 Å². The molecular weight excluding hydrogens is 391 g/mol. The number of fused-ring (bicyclic) bond motifs is 4. The minimum atomic E-state index is -4.31. The second-order valence-corrected chi connectivity index (χ2v) is 9.58. The number of hydrogen-bond acceptors (Lipinski definition) is 3. The molecule has 1 unspecified atom stereocenters. The van der Waals surface area contributed by atoms with Crippen LogP contribution >= 0.6 is 0 Å². The van der Waals surface area contributed by atoms with Gasteiger partial charge in [0.1, 0.15) is 0 Å². The molecule has 2 atom stereocenters. The number of aromatic nitrogens is 1. The van der Waals surface area contributed by atoms with Crippen molar-refractivity contribution in [1.82, 2.24) is 9.88 Å². The van der Waals surface area contributed by atoms with Crippen molar-refractivity contribution in [3.8, 4) is 0 Å². The summed E-state index contributed by atoms with van der Waals surface area (Å²) in [5.41, 5.74) is 8.96. The second kappa shape index (κ2) is 7.53. The number of nitrogens with one attached hydrogen (secondary N) is 1. The van der Waals surface area contributed by atoms with Gasteiger partial charge in [-0.3, -0.25) is 0 Å². The zero-order valence-corrected chi connectivity index (χ0v) is 17.2. The molecule has 3 aliphatic rings. The van der Waals surface area contributed by atoms with Crippen LogP contribution in [0.3, 0.4) is 0 Å². The van der Waals surface area contributed by atoms with Crippen molar-refractivity contribution in [1.29, 1.82) is 0 Å². The van der Waals surface area contributed by atoms with Crippen LogP contribution in [0, 0.1) is 11.8 Å². The molecule has 1 aromatic carbocycles. The van der Waals surface area contributed by atoms with Gasteiger partial charge in [-0.25, -0.2) is 0 Å². The highest BCUT2D eigenvalue weighted by Gasteiger charge is 2.37. The first-order valence-corrected chi connectivity index (χ1v) is 11.1. The van der Waals surface area contributed by atoms with Crippen LogP contribution in [0.1, 0.15) is 42.5 Å². The third-order valence-electron chi connectivity index (χ3n) is 7.64. The van der Waals surface area contributed by atoms with E-state index >= 15 is 0 Å². The summed E-state index contributed by atoms with van der Waals surface area (Å²) in [4.78, 5) is 5.92. The van der Waals surface area contributed by atoms with Crippen molar-refractivity contribution in [2.45, 2.75) is 50.2 Å². The number of rotatable bonds is 3. The molecule has 164 valence electrons. The molecule has 0 amide bonds. The average Bonchev–Trinajstić information content (AvgIpc) is 3.07. The summed E-state index contributed by atoms with van der Waals surface area (Å²) in [7, 11) is 0. The van der Waals surface area contributed by atoms with E-state index in [1.54, 1.807) is 6.07 Å². The zero-order valence-electron chi connectivity index (χ0n) is 17.2. The molecule has 5 rings (SSSR count). The zero-order chi connectivity index (χ0) is 20.9. The number of nitrogens with two attached hydrogens (primary N) is 1. The molecule has 3 heterocycles. The number of benzene rings is 1. The highest BCUT2D eigenvalue weighted by Crippen LogP contribution is 2.40. The quantitative estimate of drug-likeness (QED) is 0.784. The largest absolute Gasteiger partial charge is 0.416 e. The number of hydrogen-bond donors (Lipinski definition) is 2. The minimum Gasteiger partial charge on any atom is -0.381 e. The van der Waals surface area contributed by atoms with Crippen molar-refractivity contribution in [2.24, 2.45) is 17.6 Å². The Morgan fingerprint density at radius 3 is 2.73 bits per heavy atom. The first-order valence-electron chi connectivity index (χ1n) is 11.1. The number of halogens is 3. The normalized spacial score (nSPS) is 27.1. The molecule has 2 aliphatic heterocycles. The van der Waals surface area contributed by atoms with Gasteiger partial charge in [0.15, 0.2) is 0 Å². The van der Waals surface area contributed by atoms with Gasteiger partial charge in [-0.15, -0.1) is 0 Å². The molecule has 30 heavy (non-hydrogen) atoms. The molecule has 0 radical (unpaired) electrons. The Labute approximate surface area is 174 Å². The lowest BCUT2D eigenvalue weighted by molar-refractivity contribution is -0.137. The lowest BCUT2D eigenvalue weighted by Crippen LogP contribution is -2.50. The van der Waals surface area contributed by atoms with Crippen LogP contribution in [0.15, 0.2) is 18.2 Å². The number of nitrogens with zero attached hydrogens (tertiary/aromatic N) is 1. The number of likely N-dealkylation sites (tertiary alicyclic amines) is 1. The molecule has 3 N–H and O–H groups in total. The van der Waals surface area contributed by atoms with Crippen molar-refractivity contribution >= 4 is 10.9 Å². The molecule has 2 fully saturated rings. The summed E-state index contributed by atoms with van der Waals surface area (Å²) >= 11 is 0. The molecule has 0 bridgehead atoms. The fourth-order valence-electron chi connectivity index (χ4n) is 5.68. The third kappa shape index (κ3) is 3.87. The Balaban J connectivity index is 1.30. The summed E-state index contributed by atoms with van der Waals surface area (Å²) in [6, 6.07) is 4.09. The number of ether oxygens (including phenoxy) is 1. The number of piperidine rings is 1. The van der Waals surface area contributed by atoms with E-state index in [2.05, 4.69) is 9.88 Å². The SMILES string of the molecule is NC1(CCN2CC[C@@H]3Cc4[nH]c5ccc(C(F)(F)F)cc5c4CC3C2)CCOCC1. The van der Waals surface area contributed by atoms with E-state index in [-0.39, 0.29) is 5.54 Å². The van der Waals surface area contributed by atoms with Crippen LogP contribution < -0.4 is 5.73 Å². The second-order valence-electron chi connectivity index (χ2n) is 9.58. The minimum absolute atomic E-state index is 0.111.